The molecule has 0 heterocycles. The van der Waals surface area contributed by atoms with E-state index >= 15 is 0 Å². The molecule has 172 valence electrons. The van der Waals surface area contributed by atoms with Crippen LogP contribution in [-0.2, 0) is 4.79 Å². The van der Waals surface area contributed by atoms with Gasteiger partial charge in [0.25, 0.3) is 11.8 Å². The number of carbonyl (C=O) groups excluding carboxylic acids is 2. The molecule has 0 bridgehead atoms. The van der Waals surface area contributed by atoms with Gasteiger partial charge in [-0.1, -0.05) is 56.3 Å². The summed E-state index contributed by atoms with van der Waals surface area (Å²) in [6.07, 6.45) is 0. The Hall–Kier alpha value is -4.00. The fraction of sp³-hybridized carbons (Fsp3) is 0.231. The van der Waals surface area contributed by atoms with Crippen LogP contribution in [-0.4, -0.2) is 31.6 Å². The van der Waals surface area contributed by atoms with Crippen LogP contribution in [0.1, 0.15) is 35.7 Å². The van der Waals surface area contributed by atoms with Crippen LogP contribution >= 0.6 is 0 Å². The van der Waals surface area contributed by atoms with Gasteiger partial charge in [-0.2, -0.15) is 0 Å². The highest BCUT2D eigenvalue weighted by Crippen LogP contribution is 2.25. The quantitative estimate of drug-likeness (QED) is 0.360. The highest BCUT2D eigenvalue weighted by Gasteiger charge is 2.11. The van der Waals surface area contributed by atoms with E-state index < -0.39 is 11.8 Å². The van der Waals surface area contributed by atoms with Crippen LogP contribution in [0.2, 0.25) is 0 Å². The minimum atomic E-state index is -0.465. The van der Waals surface area contributed by atoms with Gasteiger partial charge in [-0.15, -0.1) is 0 Å². The van der Waals surface area contributed by atoms with Gasteiger partial charge in [0.15, 0.2) is 6.61 Å². The first kappa shape index (κ1) is 23.7. The van der Waals surface area contributed by atoms with Crippen molar-refractivity contribution in [1.82, 2.24) is 10.9 Å². The lowest BCUT2D eigenvalue weighted by Gasteiger charge is -2.14. The van der Waals surface area contributed by atoms with E-state index in [0.717, 1.165) is 11.3 Å². The molecular weight excluding hydrogens is 420 g/mol. The second-order valence-corrected chi connectivity index (χ2v) is 7.52. The van der Waals surface area contributed by atoms with Crippen molar-refractivity contribution in [3.05, 3.63) is 90.0 Å². The summed E-state index contributed by atoms with van der Waals surface area (Å²) < 4.78 is 16.8. The number of benzene rings is 3. The van der Waals surface area contributed by atoms with Gasteiger partial charge in [-0.3, -0.25) is 20.4 Å². The number of hydrazine groups is 1. The first-order chi connectivity index (χ1) is 16.0. The van der Waals surface area contributed by atoms with Gasteiger partial charge in [-0.05, 0) is 47.9 Å². The molecule has 0 spiro atoms. The lowest BCUT2D eigenvalue weighted by atomic mass is 10.0. The van der Waals surface area contributed by atoms with Crippen molar-refractivity contribution < 1.29 is 23.8 Å². The molecule has 0 aromatic heterocycles. The molecule has 33 heavy (non-hydrogen) atoms. The van der Waals surface area contributed by atoms with Crippen molar-refractivity contribution in [3.8, 4) is 17.2 Å². The lowest BCUT2D eigenvalue weighted by Crippen LogP contribution is -2.43. The van der Waals surface area contributed by atoms with E-state index in [1.807, 2.05) is 54.6 Å². The number of rotatable bonds is 10. The molecule has 3 aromatic carbocycles. The van der Waals surface area contributed by atoms with Crippen LogP contribution in [0.3, 0.4) is 0 Å². The van der Waals surface area contributed by atoms with E-state index in [2.05, 4.69) is 24.7 Å². The van der Waals surface area contributed by atoms with Crippen molar-refractivity contribution in [2.45, 2.75) is 19.8 Å². The second-order valence-electron chi connectivity index (χ2n) is 7.52. The van der Waals surface area contributed by atoms with Crippen LogP contribution in [0.15, 0.2) is 78.9 Å². The normalized spacial score (nSPS) is 10.4. The molecule has 0 radical (unpaired) electrons. The summed E-state index contributed by atoms with van der Waals surface area (Å²) in [7, 11) is 0. The first-order valence-corrected chi connectivity index (χ1v) is 10.7. The number of hydrogen-bond donors (Lipinski definition) is 2. The minimum Gasteiger partial charge on any atom is -0.490 e. The molecule has 0 unspecified atom stereocenters. The van der Waals surface area contributed by atoms with Gasteiger partial charge in [0.1, 0.15) is 30.5 Å². The van der Waals surface area contributed by atoms with Gasteiger partial charge in [0.2, 0.25) is 0 Å². The molecular formula is C26H28N2O5. The molecule has 0 aliphatic carbocycles. The summed E-state index contributed by atoms with van der Waals surface area (Å²) >= 11 is 0. The van der Waals surface area contributed by atoms with Crippen LogP contribution in [0.4, 0.5) is 0 Å². The van der Waals surface area contributed by atoms with E-state index in [9.17, 15) is 9.59 Å². The Kier molecular flexibility index (Phi) is 8.71. The van der Waals surface area contributed by atoms with Crippen molar-refractivity contribution in [2.75, 3.05) is 19.8 Å². The third kappa shape index (κ3) is 7.57. The molecule has 2 amide bonds. The molecule has 0 fully saturated rings. The Morgan fingerprint density at radius 3 is 2.18 bits per heavy atom. The number of hydrogen-bond acceptors (Lipinski definition) is 5. The maximum atomic E-state index is 12.4. The van der Waals surface area contributed by atoms with Gasteiger partial charge < -0.3 is 14.2 Å². The number of carbonyl (C=O) groups is 2. The van der Waals surface area contributed by atoms with Crippen molar-refractivity contribution in [3.63, 3.8) is 0 Å². The first-order valence-electron chi connectivity index (χ1n) is 10.7. The largest absolute Gasteiger partial charge is 0.490 e. The Morgan fingerprint density at radius 2 is 1.42 bits per heavy atom. The zero-order chi connectivity index (χ0) is 23.5. The van der Waals surface area contributed by atoms with Crippen LogP contribution in [0.25, 0.3) is 0 Å². The van der Waals surface area contributed by atoms with Crippen molar-refractivity contribution in [1.29, 1.82) is 0 Å². The number of amides is 2. The molecule has 0 aliphatic heterocycles. The van der Waals surface area contributed by atoms with Gasteiger partial charge in [0, 0.05) is 5.56 Å². The number of para-hydroxylation sites is 2. The summed E-state index contributed by atoms with van der Waals surface area (Å²) in [5.74, 6) is 1.28. The Balaban J connectivity index is 1.42. The molecule has 0 aliphatic rings. The van der Waals surface area contributed by atoms with E-state index in [4.69, 9.17) is 14.2 Å². The van der Waals surface area contributed by atoms with E-state index in [0.29, 0.717) is 30.3 Å². The highest BCUT2D eigenvalue weighted by molar-refractivity contribution is 5.95. The molecule has 2 N–H and O–H groups in total. The Morgan fingerprint density at radius 1 is 0.758 bits per heavy atom. The van der Waals surface area contributed by atoms with Gasteiger partial charge in [0.05, 0.1) is 0 Å². The molecule has 0 saturated carbocycles. The standard InChI is InChI=1S/C26H28N2O5/c1-19(2)23-13-6-7-14-24(23)33-18-25(29)27-28-26(30)20-9-8-12-22(17-20)32-16-15-31-21-10-4-3-5-11-21/h3-14,17,19H,15-16,18H2,1-2H3,(H,27,29)(H,28,30). The van der Waals surface area contributed by atoms with Crippen molar-refractivity contribution >= 4 is 11.8 Å². The summed E-state index contributed by atoms with van der Waals surface area (Å²) in [6.45, 7) is 4.59. The average molecular weight is 449 g/mol. The van der Waals surface area contributed by atoms with Crippen molar-refractivity contribution in [2.24, 2.45) is 0 Å². The number of nitrogens with one attached hydrogen (secondary N) is 2. The molecule has 0 saturated heterocycles. The SMILES string of the molecule is CC(C)c1ccccc1OCC(=O)NNC(=O)c1cccc(OCCOc2ccccc2)c1. The molecule has 7 nitrogen and oxygen atoms in total. The minimum absolute atomic E-state index is 0.214. The smallest absolute Gasteiger partial charge is 0.276 e. The predicted octanol–water partition coefficient (Wildman–Crippen LogP) is 4.11. The van der Waals surface area contributed by atoms with Crippen LogP contribution < -0.4 is 25.1 Å². The molecule has 3 rings (SSSR count). The summed E-state index contributed by atoms with van der Waals surface area (Å²) in [5, 5.41) is 0. The number of ether oxygens (including phenoxy) is 3. The third-order valence-corrected chi connectivity index (χ3v) is 4.68. The maximum Gasteiger partial charge on any atom is 0.276 e. The summed E-state index contributed by atoms with van der Waals surface area (Å²) in [6, 6.07) is 23.7. The Labute approximate surface area is 193 Å². The molecule has 3 aromatic rings. The van der Waals surface area contributed by atoms with Crippen LogP contribution in [0.5, 0.6) is 17.2 Å². The molecule has 0 atom stereocenters. The fourth-order valence-electron chi connectivity index (χ4n) is 3.03. The predicted molar refractivity (Wildman–Crippen MR) is 126 cm³/mol. The monoisotopic (exact) mass is 448 g/mol. The zero-order valence-corrected chi connectivity index (χ0v) is 18.7. The van der Waals surface area contributed by atoms with Gasteiger partial charge in [-0.25, -0.2) is 0 Å². The van der Waals surface area contributed by atoms with Gasteiger partial charge >= 0.3 is 0 Å². The van der Waals surface area contributed by atoms with E-state index in [1.165, 1.54) is 0 Å². The zero-order valence-electron chi connectivity index (χ0n) is 18.7. The fourth-order valence-corrected chi connectivity index (χ4v) is 3.03. The lowest BCUT2D eigenvalue weighted by molar-refractivity contribution is -0.123. The molecule has 7 heteroatoms. The topological polar surface area (TPSA) is 85.9 Å². The average Bonchev–Trinajstić information content (AvgIpc) is 2.85. The Bertz CT molecular complexity index is 1050. The summed E-state index contributed by atoms with van der Waals surface area (Å²) in [5.41, 5.74) is 6.12. The highest BCUT2D eigenvalue weighted by atomic mass is 16.5. The van der Waals surface area contributed by atoms with Crippen LogP contribution in [0, 0.1) is 0 Å². The van der Waals surface area contributed by atoms with E-state index in [-0.39, 0.29) is 12.5 Å². The maximum absolute atomic E-state index is 12.4. The van der Waals surface area contributed by atoms with E-state index in [1.54, 1.807) is 24.3 Å². The third-order valence-electron chi connectivity index (χ3n) is 4.68. The summed E-state index contributed by atoms with van der Waals surface area (Å²) in [4.78, 5) is 24.5. The second kappa shape index (κ2) is 12.1.